The summed E-state index contributed by atoms with van der Waals surface area (Å²) in [5.41, 5.74) is 2.53. The number of nitrogens with one attached hydrogen (secondary N) is 1. The van der Waals surface area contributed by atoms with Crippen LogP contribution in [-0.2, 0) is 6.54 Å². The molecule has 0 bridgehead atoms. The summed E-state index contributed by atoms with van der Waals surface area (Å²) in [6, 6.07) is 15.6. The van der Waals surface area contributed by atoms with Gasteiger partial charge < -0.3 is 10.1 Å². The predicted octanol–water partition coefficient (Wildman–Crippen LogP) is 8.72. The van der Waals surface area contributed by atoms with E-state index < -0.39 is 0 Å². The van der Waals surface area contributed by atoms with Crippen molar-refractivity contribution in [2.75, 3.05) is 11.9 Å². The van der Waals surface area contributed by atoms with Gasteiger partial charge in [-0.25, -0.2) is 0 Å². The highest BCUT2D eigenvalue weighted by atomic mass is 32.1. The highest BCUT2D eigenvalue weighted by Gasteiger charge is 2.14. The van der Waals surface area contributed by atoms with Gasteiger partial charge in [0, 0.05) is 18.2 Å². The lowest BCUT2D eigenvalue weighted by Gasteiger charge is -2.12. The number of rotatable bonds is 18. The normalized spacial score (nSPS) is 11.0. The van der Waals surface area contributed by atoms with Crippen LogP contribution in [-0.4, -0.2) is 12.5 Å². The maximum Gasteiger partial charge on any atom is 0.259 e. The molecule has 37 heavy (non-hydrogen) atoms. The summed E-state index contributed by atoms with van der Waals surface area (Å²) < 4.78 is 8.24. The molecule has 0 radical (unpaired) electrons. The van der Waals surface area contributed by atoms with Gasteiger partial charge in [-0.05, 0) is 30.7 Å². The summed E-state index contributed by atoms with van der Waals surface area (Å²) in [4.78, 5) is 13.1. The van der Waals surface area contributed by atoms with E-state index >= 15 is 0 Å². The Kier molecular flexibility index (Phi) is 13.3. The van der Waals surface area contributed by atoms with Crippen LogP contribution in [0.4, 0.5) is 5.69 Å². The molecular weight excluding hydrogens is 476 g/mol. The Morgan fingerprint density at radius 2 is 1.54 bits per heavy atom. The molecule has 0 aliphatic carbocycles. The molecule has 2 aromatic carbocycles. The lowest BCUT2D eigenvalue weighted by Crippen LogP contribution is -2.34. The minimum absolute atomic E-state index is 0.137. The first-order valence-electron chi connectivity index (χ1n) is 14.2. The first kappa shape index (κ1) is 28.9. The van der Waals surface area contributed by atoms with Gasteiger partial charge in [0.15, 0.2) is 12.7 Å². The van der Waals surface area contributed by atoms with Crippen LogP contribution >= 0.6 is 11.3 Å². The molecular formula is C32H45N2O2S+. The van der Waals surface area contributed by atoms with Crippen molar-refractivity contribution in [3.63, 3.8) is 0 Å². The number of ether oxygens (including phenoxy) is 1. The molecule has 0 saturated heterocycles. The summed E-state index contributed by atoms with van der Waals surface area (Å²) in [7, 11) is 0. The molecule has 4 nitrogen and oxygen atoms in total. The van der Waals surface area contributed by atoms with Crippen LogP contribution in [0.25, 0.3) is 0 Å². The number of unbranched alkanes of at least 4 members (excludes halogenated alkanes) is 11. The monoisotopic (exact) mass is 521 g/mol. The second kappa shape index (κ2) is 17.0. The summed E-state index contributed by atoms with van der Waals surface area (Å²) in [5, 5.41) is 6.41. The molecule has 0 fully saturated rings. The maximum atomic E-state index is 13.1. The second-order valence-corrected chi connectivity index (χ2v) is 11.0. The Morgan fingerprint density at radius 1 is 0.865 bits per heavy atom. The topological polar surface area (TPSA) is 42.2 Å². The Bertz CT molecular complexity index is 1060. The third-order valence-electron chi connectivity index (χ3n) is 6.81. The Balaban J connectivity index is 1.36. The van der Waals surface area contributed by atoms with Crippen molar-refractivity contribution in [2.24, 2.45) is 0 Å². The zero-order valence-corrected chi connectivity index (χ0v) is 23.7. The maximum absolute atomic E-state index is 13.1. The minimum atomic E-state index is -0.137. The van der Waals surface area contributed by atoms with Gasteiger partial charge in [0.1, 0.15) is 5.75 Å². The minimum Gasteiger partial charge on any atom is -0.493 e. The Morgan fingerprint density at radius 3 is 2.22 bits per heavy atom. The summed E-state index contributed by atoms with van der Waals surface area (Å²) in [6.07, 6.45) is 17.9. The number of thiazole rings is 1. The van der Waals surface area contributed by atoms with E-state index in [4.69, 9.17) is 4.74 Å². The molecule has 3 rings (SSSR count). The van der Waals surface area contributed by atoms with Crippen LogP contribution in [0.5, 0.6) is 5.75 Å². The van der Waals surface area contributed by atoms with E-state index in [0.717, 1.165) is 24.2 Å². The molecule has 1 heterocycles. The van der Waals surface area contributed by atoms with Crippen molar-refractivity contribution >= 4 is 22.9 Å². The van der Waals surface area contributed by atoms with Crippen LogP contribution < -0.4 is 14.6 Å². The average molecular weight is 522 g/mol. The van der Waals surface area contributed by atoms with Crippen molar-refractivity contribution in [1.82, 2.24) is 0 Å². The highest BCUT2D eigenvalue weighted by molar-refractivity contribution is 7.09. The average Bonchev–Trinajstić information content (AvgIpc) is 3.31. The second-order valence-electron chi connectivity index (χ2n) is 9.94. The molecule has 0 aliphatic heterocycles. The number of carbonyl (C=O) groups is 1. The van der Waals surface area contributed by atoms with Crippen LogP contribution in [0, 0.1) is 6.92 Å². The smallest absolute Gasteiger partial charge is 0.259 e. The molecule has 0 aliphatic rings. The fraction of sp³-hybridized carbons (Fsp3) is 0.500. The van der Waals surface area contributed by atoms with E-state index in [1.165, 1.54) is 75.6 Å². The van der Waals surface area contributed by atoms with E-state index in [1.807, 2.05) is 42.5 Å². The van der Waals surface area contributed by atoms with Crippen molar-refractivity contribution in [1.29, 1.82) is 0 Å². The number of nitrogens with zero attached hydrogens (tertiary/aromatic N) is 1. The van der Waals surface area contributed by atoms with Crippen molar-refractivity contribution < 1.29 is 14.1 Å². The largest absolute Gasteiger partial charge is 0.493 e. The SMILES string of the molecule is CCCCCCCCCCCCCCOc1ccccc1C(=O)Nc1cccc(C[n+]2ccsc2C)c1. The quantitative estimate of drug-likeness (QED) is 0.134. The fourth-order valence-electron chi connectivity index (χ4n) is 4.59. The van der Waals surface area contributed by atoms with Crippen LogP contribution in [0.15, 0.2) is 60.1 Å². The molecule has 0 saturated carbocycles. The molecule has 0 atom stereocenters. The predicted molar refractivity (Wildman–Crippen MR) is 156 cm³/mol. The number of amides is 1. The van der Waals surface area contributed by atoms with Gasteiger partial charge in [-0.2, -0.15) is 4.57 Å². The third-order valence-corrected chi connectivity index (χ3v) is 7.64. The zero-order chi connectivity index (χ0) is 26.1. The standard InChI is InChI=1S/C32H44N2O2S/c1-3-4-5-6-7-8-9-10-11-12-13-16-23-36-31-21-15-14-20-30(31)32(35)33-29-19-17-18-28(25-29)26-34-22-24-37-27(34)2/h14-15,17-22,24-25H,3-13,16,23,26H2,1-2H3/p+1. The summed E-state index contributed by atoms with van der Waals surface area (Å²) in [6.45, 7) is 5.83. The summed E-state index contributed by atoms with van der Waals surface area (Å²) >= 11 is 1.73. The van der Waals surface area contributed by atoms with E-state index in [2.05, 4.69) is 41.4 Å². The van der Waals surface area contributed by atoms with Crippen molar-refractivity contribution in [3.8, 4) is 5.75 Å². The van der Waals surface area contributed by atoms with E-state index in [-0.39, 0.29) is 5.91 Å². The van der Waals surface area contributed by atoms with Crippen LogP contribution in [0.3, 0.4) is 0 Å². The first-order valence-corrected chi connectivity index (χ1v) is 15.1. The van der Waals surface area contributed by atoms with Gasteiger partial charge in [0.25, 0.3) is 5.91 Å². The Hall–Kier alpha value is -2.66. The number of benzene rings is 2. The lowest BCUT2D eigenvalue weighted by atomic mass is 10.1. The molecule has 5 heteroatoms. The molecule has 3 aromatic rings. The Labute approximate surface area is 228 Å². The molecule has 200 valence electrons. The number of hydrogen-bond acceptors (Lipinski definition) is 3. The molecule has 1 aromatic heterocycles. The van der Waals surface area contributed by atoms with Crippen molar-refractivity contribution in [3.05, 3.63) is 76.2 Å². The van der Waals surface area contributed by atoms with Gasteiger partial charge in [-0.3, -0.25) is 4.79 Å². The van der Waals surface area contributed by atoms with Gasteiger partial charge in [0.2, 0.25) is 5.01 Å². The van der Waals surface area contributed by atoms with Crippen molar-refractivity contribution in [2.45, 2.75) is 97.4 Å². The van der Waals surface area contributed by atoms with Crippen LogP contribution in [0.1, 0.15) is 105 Å². The van der Waals surface area contributed by atoms with Gasteiger partial charge >= 0.3 is 0 Å². The zero-order valence-electron chi connectivity index (χ0n) is 22.8. The van der Waals surface area contributed by atoms with E-state index in [0.29, 0.717) is 17.9 Å². The first-order chi connectivity index (χ1) is 18.2. The molecule has 1 amide bonds. The third kappa shape index (κ3) is 10.7. The number of aromatic nitrogens is 1. The number of para-hydroxylation sites is 1. The number of hydrogen-bond donors (Lipinski definition) is 1. The van der Waals surface area contributed by atoms with Gasteiger partial charge in [-0.1, -0.05) is 113 Å². The molecule has 0 spiro atoms. The summed E-state index contributed by atoms with van der Waals surface area (Å²) in [5.74, 6) is 0.519. The fourth-order valence-corrected chi connectivity index (χ4v) is 5.25. The number of aryl methyl sites for hydroxylation is 1. The number of anilines is 1. The molecule has 1 N–H and O–H groups in total. The van der Waals surface area contributed by atoms with E-state index in [9.17, 15) is 4.79 Å². The number of carbonyl (C=O) groups excluding carboxylic acids is 1. The highest BCUT2D eigenvalue weighted by Crippen LogP contribution is 2.21. The molecule has 0 unspecified atom stereocenters. The van der Waals surface area contributed by atoms with Gasteiger partial charge in [0.05, 0.1) is 17.6 Å². The lowest BCUT2D eigenvalue weighted by molar-refractivity contribution is -0.689. The van der Waals surface area contributed by atoms with Gasteiger partial charge in [-0.15, -0.1) is 0 Å². The van der Waals surface area contributed by atoms with Crippen LogP contribution in [0.2, 0.25) is 0 Å². The van der Waals surface area contributed by atoms with E-state index in [1.54, 1.807) is 11.3 Å².